The first-order valence-electron chi connectivity index (χ1n) is 7.53. The van der Waals surface area contributed by atoms with Crippen LogP contribution >= 0.6 is 11.6 Å². The highest BCUT2D eigenvalue weighted by atomic mass is 35.5. The smallest absolute Gasteiger partial charge is 0.253 e. The maximum absolute atomic E-state index is 12.4. The zero-order valence-electron chi connectivity index (χ0n) is 12.7. The van der Waals surface area contributed by atoms with Crippen LogP contribution < -0.4 is 0 Å². The summed E-state index contributed by atoms with van der Waals surface area (Å²) in [4.78, 5) is 20.8. The summed E-state index contributed by atoms with van der Waals surface area (Å²) in [5.41, 5.74) is 1.54. The molecule has 1 fully saturated rings. The molecule has 6 heteroatoms. The van der Waals surface area contributed by atoms with Gasteiger partial charge in [-0.05, 0) is 36.4 Å². The van der Waals surface area contributed by atoms with Crippen molar-refractivity contribution in [2.24, 2.45) is 0 Å². The van der Waals surface area contributed by atoms with Gasteiger partial charge in [0.15, 0.2) is 0 Å². The molecule has 1 aromatic heterocycles. The predicted octanol–water partition coefficient (Wildman–Crippen LogP) is 2.40. The molecule has 23 heavy (non-hydrogen) atoms. The maximum Gasteiger partial charge on any atom is 0.253 e. The van der Waals surface area contributed by atoms with E-state index in [0.717, 1.165) is 25.3 Å². The summed E-state index contributed by atoms with van der Waals surface area (Å²) >= 11 is 5.98. The molecule has 1 aromatic carbocycles. The minimum Gasteiger partial charge on any atom is -0.508 e. The van der Waals surface area contributed by atoms with E-state index in [9.17, 15) is 9.90 Å². The molecule has 5 nitrogen and oxygen atoms in total. The largest absolute Gasteiger partial charge is 0.508 e. The molecular formula is C17H18ClN3O2. The molecule has 0 spiro atoms. The summed E-state index contributed by atoms with van der Waals surface area (Å²) in [6.45, 7) is 3.71. The molecule has 120 valence electrons. The Balaban J connectivity index is 1.55. The number of carbonyl (C=O) groups excluding carboxylic acids is 1. The number of hydrogen-bond acceptors (Lipinski definition) is 4. The van der Waals surface area contributed by atoms with E-state index in [1.54, 1.807) is 24.4 Å². The third-order valence-electron chi connectivity index (χ3n) is 3.94. The first-order chi connectivity index (χ1) is 11.1. The number of nitrogens with zero attached hydrogens (tertiary/aromatic N) is 3. The van der Waals surface area contributed by atoms with Crippen LogP contribution in [0.4, 0.5) is 0 Å². The second-order valence-corrected chi connectivity index (χ2v) is 6.02. The van der Waals surface area contributed by atoms with Crippen LogP contribution in [0.2, 0.25) is 5.02 Å². The number of phenols is 1. The molecule has 0 radical (unpaired) electrons. The summed E-state index contributed by atoms with van der Waals surface area (Å²) in [5.74, 6) is 0.172. The maximum atomic E-state index is 12.4. The molecule has 1 aliphatic rings. The average Bonchev–Trinajstić information content (AvgIpc) is 2.56. The van der Waals surface area contributed by atoms with Gasteiger partial charge in [-0.15, -0.1) is 0 Å². The van der Waals surface area contributed by atoms with Gasteiger partial charge in [-0.1, -0.05) is 11.6 Å². The summed E-state index contributed by atoms with van der Waals surface area (Å²) in [6, 6.07) is 10.0. The van der Waals surface area contributed by atoms with Gasteiger partial charge in [-0.25, -0.2) is 0 Å². The van der Waals surface area contributed by atoms with E-state index in [2.05, 4.69) is 9.88 Å². The lowest BCUT2D eigenvalue weighted by molar-refractivity contribution is 0.0627. The monoisotopic (exact) mass is 331 g/mol. The molecule has 0 bridgehead atoms. The number of pyridine rings is 1. The van der Waals surface area contributed by atoms with Crippen molar-refractivity contribution in [1.29, 1.82) is 0 Å². The lowest BCUT2D eigenvalue weighted by atomic mass is 10.1. The zero-order valence-corrected chi connectivity index (χ0v) is 13.4. The normalized spacial score (nSPS) is 15.6. The second-order valence-electron chi connectivity index (χ2n) is 5.58. The first kappa shape index (κ1) is 15.8. The van der Waals surface area contributed by atoms with E-state index in [1.165, 1.54) is 12.1 Å². The van der Waals surface area contributed by atoms with Gasteiger partial charge in [-0.3, -0.25) is 14.7 Å². The minimum atomic E-state index is 0.00512. The zero-order chi connectivity index (χ0) is 16.2. The van der Waals surface area contributed by atoms with Gasteiger partial charge < -0.3 is 10.0 Å². The number of rotatable bonds is 3. The number of amides is 1. The van der Waals surface area contributed by atoms with Crippen molar-refractivity contribution in [2.75, 3.05) is 26.2 Å². The Morgan fingerprint density at radius 1 is 1.13 bits per heavy atom. The Morgan fingerprint density at radius 3 is 2.48 bits per heavy atom. The Hall–Kier alpha value is -2.11. The van der Waals surface area contributed by atoms with Crippen LogP contribution in [0.25, 0.3) is 0 Å². The van der Waals surface area contributed by atoms with Gasteiger partial charge in [0.05, 0.1) is 5.69 Å². The van der Waals surface area contributed by atoms with Crippen molar-refractivity contribution >= 4 is 17.5 Å². The molecule has 1 aliphatic heterocycles. The number of piperazine rings is 1. The third kappa shape index (κ3) is 4.00. The molecule has 1 N–H and O–H groups in total. The topological polar surface area (TPSA) is 56.7 Å². The number of carbonyl (C=O) groups is 1. The van der Waals surface area contributed by atoms with Crippen LogP contribution in [0.3, 0.4) is 0 Å². The van der Waals surface area contributed by atoms with E-state index >= 15 is 0 Å². The number of hydrogen-bond donors (Lipinski definition) is 1. The van der Waals surface area contributed by atoms with E-state index < -0.39 is 0 Å². The Morgan fingerprint density at radius 2 is 1.83 bits per heavy atom. The van der Waals surface area contributed by atoms with Crippen LogP contribution in [0.1, 0.15) is 16.1 Å². The number of phenolic OH excluding ortho intramolecular Hbond substituents is 1. The SMILES string of the molecule is O=C(c1ccc(O)cc1)N1CCN(Cc2cc(Cl)ccn2)CC1. The second kappa shape index (κ2) is 6.98. The van der Waals surface area contributed by atoms with Gasteiger partial charge in [0, 0.05) is 49.5 Å². The quantitative estimate of drug-likeness (QED) is 0.938. The summed E-state index contributed by atoms with van der Waals surface area (Å²) in [7, 11) is 0. The molecule has 2 aromatic rings. The van der Waals surface area contributed by atoms with Gasteiger partial charge in [0.2, 0.25) is 0 Å². The highest BCUT2D eigenvalue weighted by molar-refractivity contribution is 6.30. The molecule has 0 saturated carbocycles. The molecular weight excluding hydrogens is 314 g/mol. The van der Waals surface area contributed by atoms with Crippen LogP contribution in [0.5, 0.6) is 5.75 Å². The summed E-state index contributed by atoms with van der Waals surface area (Å²) in [6.07, 6.45) is 1.71. The van der Waals surface area contributed by atoms with Crippen LogP contribution in [-0.2, 0) is 6.54 Å². The lowest BCUT2D eigenvalue weighted by Crippen LogP contribution is -2.48. The van der Waals surface area contributed by atoms with E-state index in [4.69, 9.17) is 11.6 Å². The predicted molar refractivity (Wildman–Crippen MR) is 88.5 cm³/mol. The van der Waals surface area contributed by atoms with Crippen molar-refractivity contribution in [3.8, 4) is 5.75 Å². The van der Waals surface area contributed by atoms with Gasteiger partial charge >= 0.3 is 0 Å². The van der Waals surface area contributed by atoms with Crippen molar-refractivity contribution in [1.82, 2.24) is 14.8 Å². The fraction of sp³-hybridized carbons (Fsp3) is 0.294. The van der Waals surface area contributed by atoms with E-state index in [-0.39, 0.29) is 11.7 Å². The van der Waals surface area contributed by atoms with E-state index in [0.29, 0.717) is 23.7 Å². The van der Waals surface area contributed by atoms with Crippen molar-refractivity contribution < 1.29 is 9.90 Å². The highest BCUT2D eigenvalue weighted by Crippen LogP contribution is 2.15. The summed E-state index contributed by atoms with van der Waals surface area (Å²) in [5, 5.41) is 9.99. The molecule has 2 heterocycles. The number of benzene rings is 1. The minimum absolute atomic E-state index is 0.00512. The molecule has 0 aliphatic carbocycles. The number of aromatic nitrogens is 1. The van der Waals surface area contributed by atoms with Gasteiger partial charge in [0.25, 0.3) is 5.91 Å². The van der Waals surface area contributed by atoms with Crippen molar-refractivity contribution in [3.63, 3.8) is 0 Å². The highest BCUT2D eigenvalue weighted by Gasteiger charge is 2.22. The Bertz CT molecular complexity index is 682. The van der Waals surface area contributed by atoms with Crippen molar-refractivity contribution in [3.05, 3.63) is 58.9 Å². The Kier molecular flexibility index (Phi) is 4.79. The van der Waals surface area contributed by atoms with Gasteiger partial charge in [0.1, 0.15) is 5.75 Å². The number of aromatic hydroxyl groups is 1. The third-order valence-corrected chi connectivity index (χ3v) is 4.17. The lowest BCUT2D eigenvalue weighted by Gasteiger charge is -2.34. The van der Waals surface area contributed by atoms with Crippen LogP contribution in [0, 0.1) is 0 Å². The molecule has 0 unspecified atom stereocenters. The first-order valence-corrected chi connectivity index (χ1v) is 7.91. The fourth-order valence-corrected chi connectivity index (χ4v) is 2.84. The van der Waals surface area contributed by atoms with Gasteiger partial charge in [-0.2, -0.15) is 0 Å². The summed E-state index contributed by atoms with van der Waals surface area (Å²) < 4.78 is 0. The standard InChI is InChI=1S/C17H18ClN3O2/c18-14-5-6-19-15(11-14)12-20-7-9-21(10-8-20)17(23)13-1-3-16(22)4-2-13/h1-6,11,22H,7-10,12H2. The average molecular weight is 332 g/mol. The van der Waals surface area contributed by atoms with Crippen molar-refractivity contribution in [2.45, 2.75) is 6.54 Å². The molecule has 0 atom stereocenters. The van der Waals surface area contributed by atoms with Crippen LogP contribution in [0.15, 0.2) is 42.6 Å². The molecule has 1 amide bonds. The van der Waals surface area contributed by atoms with Crippen LogP contribution in [-0.4, -0.2) is 52.0 Å². The molecule has 1 saturated heterocycles. The molecule has 3 rings (SSSR count). The number of halogens is 1. The van der Waals surface area contributed by atoms with E-state index in [1.807, 2.05) is 11.0 Å². The Labute approximate surface area is 140 Å². The fourth-order valence-electron chi connectivity index (χ4n) is 2.66.